The number of nitrogens with zero attached hydrogens (tertiary/aromatic N) is 3. The molecule has 0 spiro atoms. The molecule has 3 aromatic rings. The predicted molar refractivity (Wildman–Crippen MR) is 110 cm³/mol. The largest absolute Gasteiger partial charge is 0.361 e. The molecule has 29 heavy (non-hydrogen) atoms. The summed E-state index contributed by atoms with van der Waals surface area (Å²) in [5.41, 5.74) is 3.19. The van der Waals surface area contributed by atoms with E-state index in [-0.39, 0.29) is 11.8 Å². The van der Waals surface area contributed by atoms with Gasteiger partial charge in [-0.1, -0.05) is 47.6 Å². The summed E-state index contributed by atoms with van der Waals surface area (Å²) in [6.07, 6.45) is 0.733. The highest BCUT2D eigenvalue weighted by Gasteiger charge is 2.25. The van der Waals surface area contributed by atoms with Crippen LogP contribution in [-0.2, 0) is 0 Å². The van der Waals surface area contributed by atoms with Crippen LogP contribution in [0.1, 0.15) is 33.0 Å². The van der Waals surface area contributed by atoms with Crippen molar-refractivity contribution in [2.75, 3.05) is 26.2 Å². The minimum Gasteiger partial charge on any atom is -0.361 e. The van der Waals surface area contributed by atoms with Gasteiger partial charge in [0.05, 0.1) is 0 Å². The summed E-state index contributed by atoms with van der Waals surface area (Å²) in [5, 5.41) is 3.81. The number of carbonyl (C=O) groups excluding carboxylic acids is 2. The summed E-state index contributed by atoms with van der Waals surface area (Å²) in [5.74, 6) is 0.457. The van der Waals surface area contributed by atoms with E-state index in [1.165, 1.54) is 0 Å². The summed E-state index contributed by atoms with van der Waals surface area (Å²) in [6, 6.07) is 19.4. The predicted octanol–water partition coefficient (Wildman–Crippen LogP) is 3.64. The summed E-state index contributed by atoms with van der Waals surface area (Å²) < 4.78 is 5.00. The van der Waals surface area contributed by atoms with Gasteiger partial charge in [0.1, 0.15) is 5.76 Å². The number of aromatic nitrogens is 1. The molecule has 1 aromatic heterocycles. The molecule has 6 heteroatoms. The van der Waals surface area contributed by atoms with Gasteiger partial charge in [0.15, 0.2) is 5.69 Å². The van der Waals surface area contributed by atoms with Crippen LogP contribution in [0.2, 0.25) is 0 Å². The molecule has 148 valence electrons. The SMILES string of the molecule is Cc1cc(C(=O)N2CCCN(C(=O)c3ccc(-c4ccccc4)cc3)CC2)no1. The fraction of sp³-hybridized carbons (Fsp3) is 0.261. The van der Waals surface area contributed by atoms with Gasteiger partial charge in [-0.15, -0.1) is 0 Å². The lowest BCUT2D eigenvalue weighted by Crippen LogP contribution is -2.37. The zero-order valence-corrected chi connectivity index (χ0v) is 16.4. The minimum absolute atomic E-state index is 0.00353. The van der Waals surface area contributed by atoms with Crippen molar-refractivity contribution in [3.05, 3.63) is 77.7 Å². The highest BCUT2D eigenvalue weighted by atomic mass is 16.5. The number of aryl methyl sites for hydroxylation is 1. The molecule has 0 unspecified atom stereocenters. The van der Waals surface area contributed by atoms with Crippen molar-refractivity contribution < 1.29 is 14.1 Å². The Hall–Kier alpha value is -3.41. The molecule has 1 aliphatic heterocycles. The highest BCUT2D eigenvalue weighted by Crippen LogP contribution is 2.20. The van der Waals surface area contributed by atoms with E-state index in [9.17, 15) is 9.59 Å². The maximum atomic E-state index is 12.9. The average molecular weight is 389 g/mol. The van der Waals surface area contributed by atoms with Crippen LogP contribution in [0.4, 0.5) is 0 Å². The number of amides is 2. The van der Waals surface area contributed by atoms with E-state index in [1.807, 2.05) is 59.5 Å². The Morgan fingerprint density at radius 3 is 2.07 bits per heavy atom. The topological polar surface area (TPSA) is 66.7 Å². The molecule has 1 fully saturated rings. The quantitative estimate of drug-likeness (QED) is 0.686. The molecule has 0 N–H and O–H groups in total. The van der Waals surface area contributed by atoms with Crippen LogP contribution < -0.4 is 0 Å². The molecule has 2 heterocycles. The third-order valence-electron chi connectivity index (χ3n) is 5.16. The van der Waals surface area contributed by atoms with Crippen molar-refractivity contribution in [2.24, 2.45) is 0 Å². The minimum atomic E-state index is -0.150. The van der Waals surface area contributed by atoms with Crippen molar-refractivity contribution >= 4 is 11.8 Å². The van der Waals surface area contributed by atoms with Gasteiger partial charge in [0, 0.05) is 37.8 Å². The van der Waals surface area contributed by atoms with Crippen LogP contribution in [0.25, 0.3) is 11.1 Å². The van der Waals surface area contributed by atoms with Gasteiger partial charge in [-0.2, -0.15) is 0 Å². The molecule has 1 saturated heterocycles. The van der Waals surface area contributed by atoms with Gasteiger partial charge in [0.2, 0.25) is 0 Å². The van der Waals surface area contributed by atoms with Crippen LogP contribution in [0.5, 0.6) is 0 Å². The van der Waals surface area contributed by atoms with E-state index in [4.69, 9.17) is 4.52 Å². The van der Waals surface area contributed by atoms with Crippen molar-refractivity contribution in [3.63, 3.8) is 0 Å². The highest BCUT2D eigenvalue weighted by molar-refractivity contribution is 5.95. The maximum Gasteiger partial charge on any atom is 0.276 e. The van der Waals surface area contributed by atoms with E-state index in [0.717, 1.165) is 17.5 Å². The molecule has 2 aromatic carbocycles. The number of rotatable bonds is 3. The van der Waals surface area contributed by atoms with Crippen LogP contribution >= 0.6 is 0 Å². The van der Waals surface area contributed by atoms with Crippen molar-refractivity contribution in [1.82, 2.24) is 15.0 Å². The third kappa shape index (κ3) is 4.21. The first-order valence-corrected chi connectivity index (χ1v) is 9.79. The average Bonchev–Trinajstić information content (AvgIpc) is 3.05. The Balaban J connectivity index is 1.41. The first-order valence-electron chi connectivity index (χ1n) is 9.79. The molecule has 1 aliphatic rings. The molecule has 0 radical (unpaired) electrons. The number of carbonyl (C=O) groups is 2. The normalized spacial score (nSPS) is 14.5. The molecule has 6 nitrogen and oxygen atoms in total. The maximum absolute atomic E-state index is 12.9. The smallest absolute Gasteiger partial charge is 0.276 e. The summed E-state index contributed by atoms with van der Waals surface area (Å²) >= 11 is 0. The molecule has 0 aliphatic carbocycles. The van der Waals surface area contributed by atoms with Gasteiger partial charge < -0.3 is 14.3 Å². The first-order chi connectivity index (χ1) is 14.1. The summed E-state index contributed by atoms with van der Waals surface area (Å²) in [7, 11) is 0. The lowest BCUT2D eigenvalue weighted by molar-refractivity contribution is 0.0713. The standard InChI is InChI=1S/C23H23N3O3/c1-17-16-21(24-29-17)23(28)26-13-5-12-25(14-15-26)22(27)20-10-8-19(9-11-20)18-6-3-2-4-7-18/h2-4,6-11,16H,5,12-15H2,1H3. The molecule has 0 atom stereocenters. The fourth-order valence-corrected chi connectivity index (χ4v) is 3.57. The van der Waals surface area contributed by atoms with Gasteiger partial charge >= 0.3 is 0 Å². The van der Waals surface area contributed by atoms with E-state index in [2.05, 4.69) is 5.16 Å². The van der Waals surface area contributed by atoms with E-state index < -0.39 is 0 Å². The zero-order valence-electron chi connectivity index (χ0n) is 16.4. The Bertz CT molecular complexity index is 996. The van der Waals surface area contributed by atoms with Gasteiger partial charge in [0.25, 0.3) is 11.8 Å². The van der Waals surface area contributed by atoms with Crippen molar-refractivity contribution in [1.29, 1.82) is 0 Å². The van der Waals surface area contributed by atoms with E-state index in [0.29, 0.717) is 43.2 Å². The van der Waals surface area contributed by atoms with Crippen molar-refractivity contribution in [2.45, 2.75) is 13.3 Å². The summed E-state index contributed by atoms with van der Waals surface area (Å²) in [6.45, 7) is 3.97. The number of benzene rings is 2. The Kier molecular flexibility index (Phi) is 5.42. The Labute approximate surface area is 169 Å². The number of hydrogen-bond acceptors (Lipinski definition) is 4. The second-order valence-corrected chi connectivity index (χ2v) is 7.20. The molecule has 4 rings (SSSR count). The van der Waals surface area contributed by atoms with E-state index in [1.54, 1.807) is 17.9 Å². The van der Waals surface area contributed by atoms with Crippen LogP contribution in [0.3, 0.4) is 0 Å². The van der Waals surface area contributed by atoms with Crippen molar-refractivity contribution in [3.8, 4) is 11.1 Å². The first kappa shape index (κ1) is 18.9. The molecule has 2 amide bonds. The molecular weight excluding hydrogens is 366 g/mol. The Morgan fingerprint density at radius 1 is 0.828 bits per heavy atom. The lowest BCUT2D eigenvalue weighted by atomic mass is 10.0. The second kappa shape index (κ2) is 8.31. The number of hydrogen-bond donors (Lipinski definition) is 0. The fourth-order valence-electron chi connectivity index (χ4n) is 3.57. The van der Waals surface area contributed by atoms with Crippen LogP contribution in [0, 0.1) is 6.92 Å². The second-order valence-electron chi connectivity index (χ2n) is 7.20. The monoisotopic (exact) mass is 389 g/mol. The van der Waals surface area contributed by atoms with Gasteiger partial charge in [-0.05, 0) is 36.6 Å². The van der Waals surface area contributed by atoms with Gasteiger partial charge in [-0.3, -0.25) is 9.59 Å². The van der Waals surface area contributed by atoms with E-state index >= 15 is 0 Å². The third-order valence-corrected chi connectivity index (χ3v) is 5.16. The lowest BCUT2D eigenvalue weighted by Gasteiger charge is -2.21. The summed E-state index contributed by atoms with van der Waals surface area (Å²) in [4.78, 5) is 29.1. The van der Waals surface area contributed by atoms with Crippen LogP contribution in [0.15, 0.2) is 65.2 Å². The van der Waals surface area contributed by atoms with Crippen LogP contribution in [-0.4, -0.2) is 52.9 Å². The molecule has 0 bridgehead atoms. The molecular formula is C23H23N3O3. The zero-order chi connectivity index (χ0) is 20.2. The van der Waals surface area contributed by atoms with Gasteiger partial charge in [-0.25, -0.2) is 0 Å². The molecule has 0 saturated carbocycles. The Morgan fingerprint density at radius 2 is 1.45 bits per heavy atom.